The zero-order valence-corrected chi connectivity index (χ0v) is 33.6. The second-order valence-corrected chi connectivity index (χ2v) is 15.9. The third-order valence-corrected chi connectivity index (χ3v) is 11.3. The average molecular weight is 756 g/mol. The standard InChI is InChI=1S/C40H61N5O7S/c1-9-16-34(46)52-33(38-42-30(24-53-38)36(47)41-29(21-27(6)40(50)51)22-28-17-12-11-13-18-28)23-32(25(3)4)45(8)39(49)35(26(5)10-2)43-37(48)31-19-14-15-20-44(31)7/h11-13,17-18,24-27,29,31-33,35H,9-10,14-16,19-23H2,1-8H3,(H,41,47)(H,43,48)(H,50,51)/t26-,27-,29+,31?,32+,33+,35-/m0/s1. The quantitative estimate of drug-likeness (QED) is 0.141. The molecule has 2 heterocycles. The SMILES string of the molecule is CCCC(=O)O[C@H](C[C@H](C(C)C)N(C)C(=O)[C@@H](NC(=O)C1CCCCN1C)[C@@H](C)CC)c1nc(C(=O)N[C@@H](Cc2ccccc2)C[C@H](C)C(=O)O)cs1. The maximum Gasteiger partial charge on any atom is 0.306 e. The summed E-state index contributed by atoms with van der Waals surface area (Å²) in [4.78, 5) is 74.3. The lowest BCUT2D eigenvalue weighted by Gasteiger charge is -2.38. The fourth-order valence-corrected chi connectivity index (χ4v) is 7.70. The number of aliphatic carboxylic acids is 1. The molecule has 3 amide bonds. The van der Waals surface area contributed by atoms with Crippen molar-refractivity contribution in [1.29, 1.82) is 0 Å². The van der Waals surface area contributed by atoms with Gasteiger partial charge in [0.2, 0.25) is 11.8 Å². The van der Waals surface area contributed by atoms with Gasteiger partial charge >= 0.3 is 11.9 Å². The van der Waals surface area contributed by atoms with E-state index in [1.54, 1.807) is 24.3 Å². The molecule has 12 nitrogen and oxygen atoms in total. The van der Waals surface area contributed by atoms with Crippen molar-refractivity contribution in [2.75, 3.05) is 20.6 Å². The average Bonchev–Trinajstić information content (AvgIpc) is 3.62. The van der Waals surface area contributed by atoms with Gasteiger partial charge < -0.3 is 25.4 Å². The number of ether oxygens (including phenoxy) is 1. The summed E-state index contributed by atoms with van der Waals surface area (Å²) in [5.74, 6) is -2.97. The van der Waals surface area contributed by atoms with Gasteiger partial charge in [-0.1, -0.05) is 84.7 Å². The summed E-state index contributed by atoms with van der Waals surface area (Å²) in [7, 11) is 3.68. The summed E-state index contributed by atoms with van der Waals surface area (Å²) in [6.07, 6.45) is 4.34. The number of carboxylic acid groups (broad SMARTS) is 1. The lowest BCUT2D eigenvalue weighted by Crippen LogP contribution is -2.58. The number of carbonyl (C=O) groups is 5. The number of hydrogen-bond donors (Lipinski definition) is 3. The van der Waals surface area contributed by atoms with Crippen molar-refractivity contribution < 1.29 is 33.8 Å². The summed E-state index contributed by atoms with van der Waals surface area (Å²) in [5, 5.41) is 17.7. The van der Waals surface area contributed by atoms with Crippen molar-refractivity contribution in [1.82, 2.24) is 25.4 Å². The largest absolute Gasteiger partial charge is 0.481 e. The molecule has 1 aliphatic rings. The molecular weight excluding hydrogens is 695 g/mol. The first-order valence-electron chi connectivity index (χ1n) is 19.2. The molecule has 53 heavy (non-hydrogen) atoms. The van der Waals surface area contributed by atoms with Gasteiger partial charge in [-0.15, -0.1) is 11.3 Å². The molecule has 0 saturated carbocycles. The van der Waals surface area contributed by atoms with Gasteiger partial charge in [0.15, 0.2) is 6.10 Å². The highest BCUT2D eigenvalue weighted by molar-refractivity contribution is 7.09. The molecule has 7 atom stereocenters. The molecule has 0 aliphatic carbocycles. The number of likely N-dealkylation sites (N-methyl/N-ethyl adjacent to an activating group) is 2. The number of nitrogens with zero attached hydrogens (tertiary/aromatic N) is 3. The normalized spacial score (nSPS) is 18.2. The van der Waals surface area contributed by atoms with Crippen LogP contribution in [0.15, 0.2) is 35.7 Å². The molecule has 2 aromatic rings. The van der Waals surface area contributed by atoms with Gasteiger partial charge in [-0.25, -0.2) is 4.98 Å². The van der Waals surface area contributed by atoms with Gasteiger partial charge in [0.1, 0.15) is 16.7 Å². The van der Waals surface area contributed by atoms with Gasteiger partial charge in [-0.3, -0.25) is 28.9 Å². The number of thiazole rings is 1. The van der Waals surface area contributed by atoms with E-state index in [-0.39, 0.29) is 54.6 Å². The molecule has 294 valence electrons. The highest BCUT2D eigenvalue weighted by Gasteiger charge is 2.37. The zero-order valence-electron chi connectivity index (χ0n) is 32.8. The Balaban J connectivity index is 1.85. The number of carbonyl (C=O) groups excluding carboxylic acids is 4. The Kier molecular flexibility index (Phi) is 17.4. The number of amides is 3. The minimum Gasteiger partial charge on any atom is -0.481 e. The number of nitrogens with one attached hydrogen (secondary N) is 2. The van der Waals surface area contributed by atoms with E-state index in [9.17, 15) is 29.1 Å². The lowest BCUT2D eigenvalue weighted by atomic mass is 9.92. The number of rotatable bonds is 20. The van der Waals surface area contributed by atoms with Crippen LogP contribution in [0, 0.1) is 17.8 Å². The fourth-order valence-electron chi connectivity index (χ4n) is 6.86. The Bertz CT molecular complexity index is 1500. The van der Waals surface area contributed by atoms with E-state index in [0.29, 0.717) is 24.3 Å². The number of piperidine rings is 1. The molecule has 1 aromatic carbocycles. The number of benzene rings is 1. The number of aromatic nitrogens is 1. The van der Waals surface area contributed by atoms with Crippen LogP contribution in [0.4, 0.5) is 0 Å². The molecule has 1 aromatic heterocycles. The van der Waals surface area contributed by atoms with Crippen LogP contribution in [0.5, 0.6) is 0 Å². The van der Waals surface area contributed by atoms with Crippen molar-refractivity contribution in [2.45, 2.75) is 130 Å². The van der Waals surface area contributed by atoms with Crippen molar-refractivity contribution in [2.24, 2.45) is 17.8 Å². The summed E-state index contributed by atoms with van der Waals surface area (Å²) >= 11 is 1.20. The Labute approximate surface area is 319 Å². The monoisotopic (exact) mass is 755 g/mol. The molecule has 1 unspecified atom stereocenters. The molecule has 13 heteroatoms. The zero-order chi connectivity index (χ0) is 39.2. The number of hydrogen-bond acceptors (Lipinski definition) is 9. The van der Waals surface area contributed by atoms with Crippen LogP contribution in [-0.2, 0) is 30.3 Å². The van der Waals surface area contributed by atoms with Crippen LogP contribution in [0.3, 0.4) is 0 Å². The Morgan fingerprint density at radius 1 is 1.04 bits per heavy atom. The maximum atomic E-state index is 14.3. The van der Waals surface area contributed by atoms with Gasteiger partial charge in [0, 0.05) is 37.4 Å². The summed E-state index contributed by atoms with van der Waals surface area (Å²) in [6.45, 7) is 12.3. The van der Waals surface area contributed by atoms with E-state index < -0.39 is 48.0 Å². The Morgan fingerprint density at radius 2 is 1.74 bits per heavy atom. The van der Waals surface area contributed by atoms with Crippen molar-refractivity contribution >= 4 is 41.0 Å². The first-order valence-corrected chi connectivity index (χ1v) is 20.0. The first kappa shape index (κ1) is 43.6. The van der Waals surface area contributed by atoms with E-state index in [1.807, 2.05) is 72.0 Å². The third kappa shape index (κ3) is 12.9. The van der Waals surface area contributed by atoms with Crippen LogP contribution in [0.1, 0.15) is 120 Å². The number of esters is 1. The molecule has 3 rings (SSSR count). The summed E-state index contributed by atoms with van der Waals surface area (Å²) < 4.78 is 6.00. The summed E-state index contributed by atoms with van der Waals surface area (Å²) in [5.41, 5.74) is 1.10. The van der Waals surface area contributed by atoms with E-state index in [4.69, 9.17) is 4.74 Å². The minimum atomic E-state index is -0.942. The Morgan fingerprint density at radius 3 is 2.34 bits per heavy atom. The predicted molar refractivity (Wildman–Crippen MR) is 206 cm³/mol. The molecule has 1 fully saturated rings. The van der Waals surface area contributed by atoms with E-state index in [0.717, 1.165) is 31.4 Å². The van der Waals surface area contributed by atoms with Crippen molar-refractivity contribution in [3.8, 4) is 0 Å². The van der Waals surface area contributed by atoms with Gasteiger partial charge in [0.25, 0.3) is 5.91 Å². The first-order chi connectivity index (χ1) is 25.2. The van der Waals surface area contributed by atoms with Crippen molar-refractivity contribution in [3.05, 3.63) is 52.0 Å². The molecule has 1 saturated heterocycles. The topological polar surface area (TPSA) is 158 Å². The molecule has 0 radical (unpaired) electrons. The van der Waals surface area contributed by atoms with Crippen LogP contribution >= 0.6 is 11.3 Å². The number of likely N-dealkylation sites (tertiary alicyclic amines) is 1. The molecule has 3 N–H and O–H groups in total. The fraction of sp³-hybridized carbons (Fsp3) is 0.650. The molecule has 0 spiro atoms. The smallest absolute Gasteiger partial charge is 0.306 e. The van der Waals surface area contributed by atoms with Crippen LogP contribution in [0.25, 0.3) is 0 Å². The third-order valence-electron chi connectivity index (χ3n) is 10.4. The van der Waals surface area contributed by atoms with Crippen LogP contribution in [-0.4, -0.2) is 94.4 Å². The second-order valence-electron chi connectivity index (χ2n) is 15.0. The Hall–Kier alpha value is -3.84. The highest BCUT2D eigenvalue weighted by atomic mass is 32.1. The molecular formula is C40H61N5O7S. The van der Waals surface area contributed by atoms with E-state index >= 15 is 0 Å². The van der Waals surface area contributed by atoms with Crippen LogP contribution in [0.2, 0.25) is 0 Å². The van der Waals surface area contributed by atoms with Gasteiger partial charge in [-0.2, -0.15) is 0 Å². The molecule has 0 bridgehead atoms. The maximum absolute atomic E-state index is 14.3. The predicted octanol–water partition coefficient (Wildman–Crippen LogP) is 5.87. The number of carboxylic acids is 1. The van der Waals surface area contributed by atoms with E-state index in [2.05, 4.69) is 20.5 Å². The van der Waals surface area contributed by atoms with Crippen LogP contribution < -0.4 is 10.6 Å². The van der Waals surface area contributed by atoms with Gasteiger partial charge in [0.05, 0.1) is 12.0 Å². The molecule has 1 aliphatic heterocycles. The lowest BCUT2D eigenvalue weighted by molar-refractivity contribution is -0.151. The highest BCUT2D eigenvalue weighted by Crippen LogP contribution is 2.31. The van der Waals surface area contributed by atoms with Crippen molar-refractivity contribution in [3.63, 3.8) is 0 Å². The minimum absolute atomic E-state index is 0.0493. The van der Waals surface area contributed by atoms with E-state index in [1.165, 1.54) is 11.3 Å². The van der Waals surface area contributed by atoms with Gasteiger partial charge in [-0.05, 0) is 63.1 Å². The second kappa shape index (κ2) is 21.2. The summed E-state index contributed by atoms with van der Waals surface area (Å²) in [6, 6.07) is 7.71.